The first-order valence-electron chi connectivity index (χ1n) is 8.76. The summed E-state index contributed by atoms with van der Waals surface area (Å²) in [7, 11) is 0. The highest BCUT2D eigenvalue weighted by Gasteiger charge is 2.30. The van der Waals surface area contributed by atoms with Crippen molar-refractivity contribution in [2.24, 2.45) is 0 Å². The second-order valence-electron chi connectivity index (χ2n) is 6.11. The molecule has 1 amide bonds. The maximum atomic E-state index is 12.9. The maximum Gasteiger partial charge on any atom is 0.416 e. The molecule has 3 aromatic rings. The SMILES string of the molecule is O=C(CCNc1cc(-c2ccnc(Nc3cccc(C(F)(F)F)c3)n2)ccn1)NO. The third kappa shape index (κ3) is 5.64. The zero-order valence-corrected chi connectivity index (χ0v) is 15.4. The van der Waals surface area contributed by atoms with Crippen LogP contribution in [0.1, 0.15) is 12.0 Å². The number of aromatic nitrogens is 3. The normalized spacial score (nSPS) is 11.1. The van der Waals surface area contributed by atoms with E-state index in [-0.39, 0.29) is 24.6 Å². The average Bonchev–Trinajstić information content (AvgIpc) is 2.73. The van der Waals surface area contributed by atoms with Crippen LogP contribution in [0.25, 0.3) is 11.3 Å². The molecule has 0 aliphatic rings. The Hall–Kier alpha value is -3.73. The largest absolute Gasteiger partial charge is 0.416 e. The number of hydrogen-bond donors (Lipinski definition) is 4. The van der Waals surface area contributed by atoms with Gasteiger partial charge in [-0.15, -0.1) is 0 Å². The lowest BCUT2D eigenvalue weighted by molar-refractivity contribution is -0.137. The number of hydrogen-bond acceptors (Lipinski definition) is 7. The molecule has 0 spiro atoms. The molecule has 0 bridgehead atoms. The van der Waals surface area contributed by atoms with E-state index in [0.717, 1.165) is 12.1 Å². The van der Waals surface area contributed by atoms with Crippen molar-refractivity contribution in [2.45, 2.75) is 12.6 Å². The van der Waals surface area contributed by atoms with Crippen molar-refractivity contribution >= 4 is 23.4 Å². The van der Waals surface area contributed by atoms with E-state index in [4.69, 9.17) is 5.21 Å². The summed E-state index contributed by atoms with van der Waals surface area (Å²) in [5, 5.41) is 14.2. The molecule has 0 saturated carbocycles. The first-order valence-corrected chi connectivity index (χ1v) is 8.76. The molecule has 11 heteroatoms. The summed E-state index contributed by atoms with van der Waals surface area (Å²) < 4.78 is 38.6. The molecule has 0 aliphatic carbocycles. The van der Waals surface area contributed by atoms with Gasteiger partial charge in [-0.2, -0.15) is 13.2 Å². The van der Waals surface area contributed by atoms with Gasteiger partial charge in [-0.25, -0.2) is 20.4 Å². The number of rotatable bonds is 7. The van der Waals surface area contributed by atoms with Crippen molar-refractivity contribution in [2.75, 3.05) is 17.2 Å². The van der Waals surface area contributed by atoms with Crippen molar-refractivity contribution < 1.29 is 23.2 Å². The van der Waals surface area contributed by atoms with Crippen LogP contribution in [0.15, 0.2) is 54.9 Å². The summed E-state index contributed by atoms with van der Waals surface area (Å²) in [6, 6.07) is 9.81. The molecule has 156 valence electrons. The fourth-order valence-corrected chi connectivity index (χ4v) is 2.53. The van der Waals surface area contributed by atoms with Crippen LogP contribution in [0.3, 0.4) is 0 Å². The van der Waals surface area contributed by atoms with E-state index in [2.05, 4.69) is 25.6 Å². The smallest absolute Gasteiger partial charge is 0.370 e. The number of halogens is 3. The summed E-state index contributed by atoms with van der Waals surface area (Å²) >= 11 is 0. The molecule has 2 heterocycles. The Morgan fingerprint density at radius 3 is 2.63 bits per heavy atom. The lowest BCUT2D eigenvalue weighted by atomic mass is 10.2. The number of alkyl halides is 3. The third-order valence-corrected chi connectivity index (χ3v) is 3.94. The van der Waals surface area contributed by atoms with Crippen molar-refractivity contribution in [1.82, 2.24) is 20.4 Å². The molecule has 0 fully saturated rings. The Bertz CT molecular complexity index is 1030. The molecular formula is C19H17F3N6O2. The molecule has 0 saturated heterocycles. The minimum Gasteiger partial charge on any atom is -0.370 e. The number of carbonyl (C=O) groups excluding carboxylic acids is 1. The topological polar surface area (TPSA) is 112 Å². The first kappa shape index (κ1) is 21.0. The monoisotopic (exact) mass is 418 g/mol. The quantitative estimate of drug-likeness (QED) is 0.343. The van der Waals surface area contributed by atoms with Crippen LogP contribution < -0.4 is 16.1 Å². The molecule has 4 N–H and O–H groups in total. The van der Waals surface area contributed by atoms with Gasteiger partial charge in [-0.1, -0.05) is 6.07 Å². The highest BCUT2D eigenvalue weighted by atomic mass is 19.4. The first-order chi connectivity index (χ1) is 14.3. The van der Waals surface area contributed by atoms with Gasteiger partial charge in [-0.3, -0.25) is 10.0 Å². The van der Waals surface area contributed by atoms with E-state index in [0.29, 0.717) is 17.1 Å². The molecule has 1 aromatic carbocycles. The second kappa shape index (κ2) is 9.18. The molecule has 0 radical (unpaired) electrons. The number of anilines is 3. The van der Waals surface area contributed by atoms with E-state index in [1.165, 1.54) is 18.3 Å². The molecule has 2 aromatic heterocycles. The molecule has 0 aliphatic heterocycles. The van der Waals surface area contributed by atoms with Crippen molar-refractivity contribution in [3.05, 3.63) is 60.4 Å². The van der Waals surface area contributed by atoms with Gasteiger partial charge in [-0.05, 0) is 36.4 Å². The number of amides is 1. The van der Waals surface area contributed by atoms with Gasteiger partial charge in [0, 0.05) is 36.6 Å². The Morgan fingerprint density at radius 1 is 1.07 bits per heavy atom. The maximum absolute atomic E-state index is 12.9. The van der Waals surface area contributed by atoms with Gasteiger partial charge in [0.2, 0.25) is 11.9 Å². The Labute approximate surface area is 169 Å². The van der Waals surface area contributed by atoms with E-state index in [1.54, 1.807) is 29.9 Å². The summed E-state index contributed by atoms with van der Waals surface area (Å²) in [6.07, 6.45) is -1.36. The van der Waals surface area contributed by atoms with Crippen LogP contribution in [0, 0.1) is 0 Å². The van der Waals surface area contributed by atoms with Crippen molar-refractivity contribution in [3.8, 4) is 11.3 Å². The van der Waals surface area contributed by atoms with Gasteiger partial charge in [0.25, 0.3) is 0 Å². The molecule has 3 rings (SSSR count). The van der Waals surface area contributed by atoms with Crippen LogP contribution in [0.2, 0.25) is 0 Å². The van der Waals surface area contributed by atoms with Crippen molar-refractivity contribution in [1.29, 1.82) is 0 Å². The predicted molar refractivity (Wildman–Crippen MR) is 103 cm³/mol. The lowest BCUT2D eigenvalue weighted by Gasteiger charge is -2.11. The summed E-state index contributed by atoms with van der Waals surface area (Å²) in [6.45, 7) is 0.259. The van der Waals surface area contributed by atoms with Gasteiger partial charge >= 0.3 is 6.18 Å². The van der Waals surface area contributed by atoms with Crippen LogP contribution in [0.5, 0.6) is 0 Å². The van der Waals surface area contributed by atoms with E-state index >= 15 is 0 Å². The fourth-order valence-electron chi connectivity index (χ4n) is 2.53. The predicted octanol–water partition coefficient (Wildman–Crippen LogP) is 3.61. The molecule has 0 unspecified atom stereocenters. The van der Waals surface area contributed by atoms with Crippen LogP contribution in [-0.4, -0.2) is 32.6 Å². The van der Waals surface area contributed by atoms with Gasteiger partial charge in [0.05, 0.1) is 11.3 Å². The van der Waals surface area contributed by atoms with E-state index < -0.39 is 17.6 Å². The summed E-state index contributed by atoms with van der Waals surface area (Å²) in [5.74, 6) is 0.0989. The van der Waals surface area contributed by atoms with Crippen LogP contribution in [-0.2, 0) is 11.0 Å². The zero-order chi connectivity index (χ0) is 21.6. The molecule has 30 heavy (non-hydrogen) atoms. The Morgan fingerprint density at radius 2 is 1.87 bits per heavy atom. The minimum atomic E-state index is -4.45. The van der Waals surface area contributed by atoms with Crippen LogP contribution >= 0.6 is 0 Å². The van der Waals surface area contributed by atoms with Gasteiger partial charge in [0.1, 0.15) is 5.82 Å². The van der Waals surface area contributed by atoms with Crippen LogP contribution in [0.4, 0.5) is 30.6 Å². The standard InChI is InChI=1S/C19H17F3N6O2/c20-19(21,22)13-2-1-3-14(11-13)26-18-25-8-5-15(27-18)12-4-7-23-16(10-12)24-9-6-17(29)28-30/h1-5,7-8,10-11,30H,6,9H2,(H,23,24)(H,28,29)(H,25,26,27). The average molecular weight is 418 g/mol. The highest BCUT2D eigenvalue weighted by Crippen LogP contribution is 2.31. The Kier molecular flexibility index (Phi) is 6.42. The van der Waals surface area contributed by atoms with Gasteiger partial charge in [0.15, 0.2) is 0 Å². The summed E-state index contributed by atoms with van der Waals surface area (Å²) in [5.41, 5.74) is 2.19. The molecule has 8 nitrogen and oxygen atoms in total. The number of nitrogens with one attached hydrogen (secondary N) is 3. The molecular weight excluding hydrogens is 401 g/mol. The van der Waals surface area contributed by atoms with E-state index in [1.807, 2.05) is 0 Å². The Balaban J connectivity index is 1.74. The zero-order valence-electron chi connectivity index (χ0n) is 15.4. The number of pyridine rings is 1. The number of hydroxylamine groups is 1. The second-order valence-corrected chi connectivity index (χ2v) is 6.11. The summed E-state index contributed by atoms with van der Waals surface area (Å²) in [4.78, 5) is 23.6. The highest BCUT2D eigenvalue weighted by molar-refractivity contribution is 5.75. The van der Waals surface area contributed by atoms with Gasteiger partial charge < -0.3 is 10.6 Å². The number of carbonyl (C=O) groups is 1. The fraction of sp³-hybridized carbons (Fsp3) is 0.158. The molecule has 0 atom stereocenters. The number of nitrogens with zero attached hydrogens (tertiary/aromatic N) is 3. The van der Waals surface area contributed by atoms with Crippen molar-refractivity contribution in [3.63, 3.8) is 0 Å². The third-order valence-electron chi connectivity index (χ3n) is 3.94. The number of benzene rings is 1. The lowest BCUT2D eigenvalue weighted by Crippen LogP contribution is -2.21. The minimum absolute atomic E-state index is 0.0565. The van der Waals surface area contributed by atoms with E-state index in [9.17, 15) is 18.0 Å².